The zero-order chi connectivity index (χ0) is 11.7. The molecule has 2 heteroatoms. The van der Waals surface area contributed by atoms with E-state index < -0.39 is 0 Å². The average molecular weight is 270 g/mol. The van der Waals surface area contributed by atoms with Gasteiger partial charge in [-0.05, 0) is 12.0 Å². The summed E-state index contributed by atoms with van der Waals surface area (Å²) in [6.07, 6.45) is 2.76. The van der Waals surface area contributed by atoms with Gasteiger partial charge in [0.1, 0.15) is 0 Å². The molecule has 1 unspecified atom stereocenters. The van der Waals surface area contributed by atoms with E-state index >= 15 is 0 Å². The topological polar surface area (TPSA) is 23.1 Å². The van der Waals surface area contributed by atoms with Gasteiger partial charge in [-0.3, -0.25) is 0 Å². The summed E-state index contributed by atoms with van der Waals surface area (Å²) in [5.74, 6) is 0.425. The van der Waals surface area contributed by atoms with E-state index in [1.807, 2.05) is 18.2 Å². The van der Waals surface area contributed by atoms with Gasteiger partial charge in [0.2, 0.25) is 0 Å². The van der Waals surface area contributed by atoms with E-state index in [2.05, 4.69) is 26.0 Å². The Morgan fingerprint density at radius 1 is 1.31 bits per heavy atom. The number of allylic oxidation sites excluding steroid dienone is 2. The molecule has 1 atom stereocenters. The van der Waals surface area contributed by atoms with Crippen LogP contribution in [0, 0.1) is 6.92 Å². The van der Waals surface area contributed by atoms with Crippen molar-refractivity contribution >= 4 is 0 Å². The largest absolute Gasteiger partial charge is 0.876 e. The van der Waals surface area contributed by atoms with Gasteiger partial charge in [0.05, 0.1) is 0 Å². The van der Waals surface area contributed by atoms with E-state index in [4.69, 9.17) is 0 Å². The van der Waals surface area contributed by atoms with Crippen molar-refractivity contribution in [1.29, 1.82) is 0 Å². The van der Waals surface area contributed by atoms with Gasteiger partial charge in [-0.15, -0.1) is 5.76 Å². The predicted molar refractivity (Wildman–Crippen MR) is 64.3 cm³/mol. The van der Waals surface area contributed by atoms with Crippen LogP contribution < -0.4 is 5.11 Å². The number of hydrogen-bond acceptors (Lipinski definition) is 1. The van der Waals surface area contributed by atoms with Crippen LogP contribution in [-0.2, 0) is 19.5 Å². The summed E-state index contributed by atoms with van der Waals surface area (Å²) in [7, 11) is 0. The Bertz CT molecular complexity index is 276. The molecule has 0 bridgehead atoms. The van der Waals surface area contributed by atoms with Crippen LogP contribution in [0.2, 0.25) is 0 Å². The molecule has 0 fully saturated rings. The van der Waals surface area contributed by atoms with Gasteiger partial charge in [0.15, 0.2) is 0 Å². The van der Waals surface area contributed by atoms with Crippen molar-refractivity contribution in [3.63, 3.8) is 0 Å². The molecule has 16 heavy (non-hydrogen) atoms. The van der Waals surface area contributed by atoms with Crippen molar-refractivity contribution in [2.75, 3.05) is 0 Å². The van der Waals surface area contributed by atoms with Crippen LogP contribution in [0.3, 0.4) is 0 Å². The third-order valence-corrected chi connectivity index (χ3v) is 2.10. The van der Waals surface area contributed by atoms with Gasteiger partial charge < -0.3 is 5.11 Å². The van der Waals surface area contributed by atoms with Gasteiger partial charge >= 0.3 is 0 Å². The summed E-state index contributed by atoms with van der Waals surface area (Å²) >= 11 is 0. The summed E-state index contributed by atoms with van der Waals surface area (Å²) in [6, 6.07) is 10.1. The Balaban J connectivity index is 0. The maximum Gasteiger partial charge on any atom is 0.000923 e. The van der Waals surface area contributed by atoms with Crippen molar-refractivity contribution in [3.05, 3.63) is 54.7 Å². The van der Waals surface area contributed by atoms with Crippen LogP contribution in [-0.4, -0.2) is 0 Å². The van der Waals surface area contributed by atoms with E-state index in [9.17, 15) is 5.11 Å². The maximum atomic E-state index is 10.9. The first-order valence-electron chi connectivity index (χ1n) is 5.35. The molecule has 0 aliphatic carbocycles. The SMILES string of the molecule is CCC(/C=C(\C)[O-])c1ccccc1.[CH2]C.[Zn]. The summed E-state index contributed by atoms with van der Waals surface area (Å²) < 4.78 is 0. The molecule has 0 spiro atoms. The predicted octanol–water partition coefficient (Wildman–Crippen LogP) is 3.28. The third kappa shape index (κ3) is 6.79. The minimum Gasteiger partial charge on any atom is -0.876 e. The molecule has 0 amide bonds. The molecule has 1 aromatic rings. The molecule has 0 aromatic heterocycles. The minimum atomic E-state index is 0. The first kappa shape index (κ1) is 17.8. The zero-order valence-electron chi connectivity index (χ0n) is 10.6. The molecule has 1 aromatic carbocycles. The van der Waals surface area contributed by atoms with E-state index in [0.717, 1.165) is 6.42 Å². The van der Waals surface area contributed by atoms with Crippen LogP contribution in [0.5, 0.6) is 0 Å². The Labute approximate surface area is 112 Å². The molecule has 85 valence electrons. The smallest absolute Gasteiger partial charge is 0.000923 e. The fourth-order valence-electron chi connectivity index (χ4n) is 1.43. The van der Waals surface area contributed by atoms with E-state index in [-0.39, 0.29) is 31.2 Å². The van der Waals surface area contributed by atoms with Crippen LogP contribution in [0.15, 0.2) is 42.2 Å². The van der Waals surface area contributed by atoms with Crippen molar-refractivity contribution in [2.45, 2.75) is 33.1 Å². The van der Waals surface area contributed by atoms with E-state index in [1.54, 1.807) is 19.9 Å². The standard InChI is InChI=1S/C12H16O.C2H5.Zn/c1-3-11(9-10(2)13)12-7-5-4-6-8-12;1-2;/h4-9,11,13H,3H2,1-2H3;1H2,2H3;/p-1/b10-9+;;. The Hall–Kier alpha value is -0.617. The van der Waals surface area contributed by atoms with Gasteiger partial charge in [-0.25, -0.2) is 0 Å². The van der Waals surface area contributed by atoms with Crippen LogP contribution in [0.1, 0.15) is 38.7 Å². The Kier molecular flexibility index (Phi) is 12.1. The van der Waals surface area contributed by atoms with E-state index in [0.29, 0.717) is 0 Å². The van der Waals surface area contributed by atoms with Crippen LogP contribution >= 0.6 is 0 Å². The fraction of sp³-hybridized carbons (Fsp3) is 0.357. The first-order chi connectivity index (χ1) is 7.24. The van der Waals surface area contributed by atoms with Gasteiger partial charge in [0.25, 0.3) is 0 Å². The van der Waals surface area contributed by atoms with Crippen molar-refractivity contribution < 1.29 is 24.6 Å². The molecule has 0 saturated carbocycles. The molecular weight excluding hydrogens is 250 g/mol. The van der Waals surface area contributed by atoms with E-state index in [1.165, 1.54) is 5.56 Å². The van der Waals surface area contributed by atoms with Gasteiger partial charge in [-0.2, -0.15) is 0 Å². The van der Waals surface area contributed by atoms with Crippen LogP contribution in [0.4, 0.5) is 0 Å². The maximum absolute atomic E-state index is 10.9. The molecule has 0 N–H and O–H groups in total. The molecule has 1 nitrogen and oxygen atoms in total. The number of rotatable bonds is 3. The molecule has 1 rings (SSSR count). The molecule has 0 aliphatic rings. The summed E-state index contributed by atoms with van der Waals surface area (Å²) in [5, 5.41) is 10.9. The Morgan fingerprint density at radius 3 is 2.19 bits per heavy atom. The minimum absolute atomic E-state index is 0. The summed E-state index contributed by atoms with van der Waals surface area (Å²) in [6.45, 7) is 8.70. The van der Waals surface area contributed by atoms with Crippen molar-refractivity contribution in [1.82, 2.24) is 0 Å². The number of hydrogen-bond donors (Lipinski definition) is 0. The second kappa shape index (κ2) is 10.9. The molecule has 0 heterocycles. The Morgan fingerprint density at radius 2 is 1.81 bits per heavy atom. The number of benzene rings is 1. The monoisotopic (exact) mass is 268 g/mol. The van der Waals surface area contributed by atoms with Gasteiger partial charge in [-0.1, -0.05) is 64.1 Å². The quantitative estimate of drug-likeness (QED) is 0.610. The second-order valence-electron chi connectivity index (χ2n) is 3.20. The molecule has 1 radical (unpaired) electrons. The summed E-state index contributed by atoms with van der Waals surface area (Å²) in [5.41, 5.74) is 1.22. The summed E-state index contributed by atoms with van der Waals surface area (Å²) in [4.78, 5) is 0. The molecule has 0 aliphatic heterocycles. The van der Waals surface area contributed by atoms with Crippen molar-refractivity contribution in [3.8, 4) is 0 Å². The fourth-order valence-corrected chi connectivity index (χ4v) is 1.43. The van der Waals surface area contributed by atoms with Crippen molar-refractivity contribution in [2.24, 2.45) is 0 Å². The van der Waals surface area contributed by atoms with Gasteiger partial charge in [0, 0.05) is 25.4 Å². The normalized spacial score (nSPS) is 11.9. The zero-order valence-corrected chi connectivity index (χ0v) is 13.5. The first-order valence-corrected chi connectivity index (χ1v) is 5.35. The third-order valence-electron chi connectivity index (χ3n) is 2.10. The molecule has 0 saturated heterocycles. The average Bonchev–Trinajstić information content (AvgIpc) is 2.29. The second-order valence-corrected chi connectivity index (χ2v) is 3.20. The molecular formula is C14H20OZn-. The van der Waals surface area contributed by atoms with Crippen LogP contribution in [0.25, 0.3) is 0 Å².